The second kappa shape index (κ2) is 4.85. The Kier molecular flexibility index (Phi) is 3.19. The molecule has 0 atom stereocenters. The highest BCUT2D eigenvalue weighted by atomic mass is 16.1. The first-order chi connectivity index (χ1) is 9.16. The van der Waals surface area contributed by atoms with Crippen molar-refractivity contribution in [1.82, 2.24) is 14.9 Å². The molecular weight excluding hydrogens is 238 g/mol. The molecule has 1 aromatic heterocycles. The Morgan fingerprint density at radius 2 is 2.00 bits per heavy atom. The Morgan fingerprint density at radius 3 is 2.68 bits per heavy atom. The summed E-state index contributed by atoms with van der Waals surface area (Å²) in [5, 5.41) is 3.39. The van der Waals surface area contributed by atoms with E-state index in [1.807, 2.05) is 18.4 Å². The van der Waals surface area contributed by atoms with Crippen molar-refractivity contribution in [2.24, 2.45) is 0 Å². The predicted molar refractivity (Wildman–Crippen MR) is 77.8 cm³/mol. The average molecular weight is 259 g/mol. The van der Waals surface area contributed by atoms with Crippen LogP contribution in [0, 0.1) is 0 Å². The lowest BCUT2D eigenvalue weighted by Gasteiger charge is -2.23. The van der Waals surface area contributed by atoms with Crippen molar-refractivity contribution < 1.29 is 0 Å². The maximum atomic E-state index is 12.0. The van der Waals surface area contributed by atoms with E-state index in [1.165, 1.54) is 18.4 Å². The van der Waals surface area contributed by atoms with Gasteiger partial charge in [0.1, 0.15) is 0 Å². The third kappa shape index (κ3) is 2.21. The Bertz CT molecular complexity index is 632. The summed E-state index contributed by atoms with van der Waals surface area (Å²) in [6.45, 7) is 6.25. The SMILES string of the molecule is CC(C)n1c(=O)[nH]c2cc(C3CCNCC3)ccc21. The number of nitrogens with zero attached hydrogens (tertiary/aromatic N) is 1. The Morgan fingerprint density at radius 1 is 1.26 bits per heavy atom. The van der Waals surface area contributed by atoms with Crippen LogP contribution in [-0.4, -0.2) is 22.6 Å². The van der Waals surface area contributed by atoms with Crippen LogP contribution in [0.3, 0.4) is 0 Å². The number of benzene rings is 1. The Hall–Kier alpha value is -1.55. The minimum Gasteiger partial charge on any atom is -0.317 e. The van der Waals surface area contributed by atoms with Crippen LogP contribution in [0.2, 0.25) is 0 Å². The second-order valence-electron chi connectivity index (χ2n) is 5.69. The summed E-state index contributed by atoms with van der Waals surface area (Å²) < 4.78 is 1.82. The molecule has 102 valence electrons. The topological polar surface area (TPSA) is 49.8 Å². The number of rotatable bonds is 2. The van der Waals surface area contributed by atoms with Gasteiger partial charge in [-0.05, 0) is 63.4 Å². The van der Waals surface area contributed by atoms with Gasteiger partial charge >= 0.3 is 5.69 Å². The van der Waals surface area contributed by atoms with E-state index in [1.54, 1.807) is 0 Å². The van der Waals surface area contributed by atoms with Crippen LogP contribution < -0.4 is 11.0 Å². The maximum absolute atomic E-state index is 12.0. The number of aromatic nitrogens is 2. The lowest BCUT2D eigenvalue weighted by molar-refractivity contribution is 0.460. The average Bonchev–Trinajstić information content (AvgIpc) is 2.74. The Labute approximate surface area is 112 Å². The quantitative estimate of drug-likeness (QED) is 0.870. The van der Waals surface area contributed by atoms with Gasteiger partial charge in [0.05, 0.1) is 11.0 Å². The molecule has 0 bridgehead atoms. The molecule has 0 unspecified atom stereocenters. The normalized spacial score (nSPS) is 17.4. The number of hydrogen-bond acceptors (Lipinski definition) is 2. The largest absolute Gasteiger partial charge is 0.326 e. The highest BCUT2D eigenvalue weighted by Gasteiger charge is 2.17. The van der Waals surface area contributed by atoms with E-state index in [-0.39, 0.29) is 11.7 Å². The zero-order valence-corrected chi connectivity index (χ0v) is 11.6. The molecule has 1 fully saturated rings. The fourth-order valence-electron chi connectivity index (χ4n) is 3.07. The molecule has 4 heteroatoms. The van der Waals surface area contributed by atoms with Crippen molar-refractivity contribution >= 4 is 11.0 Å². The van der Waals surface area contributed by atoms with Crippen LogP contribution in [0.5, 0.6) is 0 Å². The van der Waals surface area contributed by atoms with Gasteiger partial charge in [-0.1, -0.05) is 6.07 Å². The lowest BCUT2D eigenvalue weighted by Crippen LogP contribution is -2.26. The fourth-order valence-corrected chi connectivity index (χ4v) is 3.07. The summed E-state index contributed by atoms with van der Waals surface area (Å²) in [4.78, 5) is 14.9. The summed E-state index contributed by atoms with van der Waals surface area (Å²) in [7, 11) is 0. The molecule has 1 aromatic carbocycles. The minimum absolute atomic E-state index is 0.00698. The van der Waals surface area contributed by atoms with Crippen molar-refractivity contribution in [2.45, 2.75) is 38.6 Å². The van der Waals surface area contributed by atoms with Gasteiger partial charge < -0.3 is 10.3 Å². The van der Waals surface area contributed by atoms with Gasteiger partial charge in [0.25, 0.3) is 0 Å². The van der Waals surface area contributed by atoms with Gasteiger partial charge in [-0.3, -0.25) is 4.57 Å². The van der Waals surface area contributed by atoms with Crippen LogP contribution in [0.15, 0.2) is 23.0 Å². The molecule has 2 heterocycles. The molecule has 19 heavy (non-hydrogen) atoms. The third-order valence-corrected chi connectivity index (χ3v) is 4.07. The maximum Gasteiger partial charge on any atom is 0.326 e. The summed E-state index contributed by atoms with van der Waals surface area (Å²) >= 11 is 0. The molecule has 0 radical (unpaired) electrons. The van der Waals surface area contributed by atoms with Crippen LogP contribution in [-0.2, 0) is 0 Å². The third-order valence-electron chi connectivity index (χ3n) is 4.07. The molecule has 1 aliphatic heterocycles. The molecule has 0 aliphatic carbocycles. The number of fused-ring (bicyclic) bond motifs is 1. The molecule has 2 N–H and O–H groups in total. The zero-order chi connectivity index (χ0) is 13.4. The van der Waals surface area contributed by atoms with Gasteiger partial charge in [0, 0.05) is 6.04 Å². The number of piperidine rings is 1. The first-order valence-corrected chi connectivity index (χ1v) is 7.11. The van der Waals surface area contributed by atoms with Crippen LogP contribution >= 0.6 is 0 Å². The summed E-state index contributed by atoms with van der Waals surface area (Å²) in [5.41, 5.74) is 3.33. The predicted octanol–water partition coefficient (Wildman–Crippen LogP) is 2.38. The summed E-state index contributed by atoms with van der Waals surface area (Å²) in [6.07, 6.45) is 2.36. The van der Waals surface area contributed by atoms with Crippen LogP contribution in [0.4, 0.5) is 0 Å². The van der Waals surface area contributed by atoms with E-state index >= 15 is 0 Å². The number of hydrogen-bond donors (Lipinski definition) is 2. The molecular formula is C15H21N3O. The van der Waals surface area contributed by atoms with E-state index in [9.17, 15) is 4.79 Å². The fraction of sp³-hybridized carbons (Fsp3) is 0.533. The van der Waals surface area contributed by atoms with E-state index in [0.717, 1.165) is 24.1 Å². The van der Waals surface area contributed by atoms with Crippen LogP contribution in [0.1, 0.15) is 44.2 Å². The van der Waals surface area contributed by atoms with Gasteiger partial charge in [0.2, 0.25) is 0 Å². The van der Waals surface area contributed by atoms with Crippen LogP contribution in [0.25, 0.3) is 11.0 Å². The Balaban J connectivity index is 2.04. The molecule has 4 nitrogen and oxygen atoms in total. The smallest absolute Gasteiger partial charge is 0.317 e. The standard InChI is InChI=1S/C15H21N3O/c1-10(2)18-14-4-3-12(9-13(14)17-15(18)19)11-5-7-16-8-6-11/h3-4,9-11,16H,5-8H2,1-2H3,(H,17,19). The number of imidazole rings is 1. The number of nitrogens with one attached hydrogen (secondary N) is 2. The molecule has 1 aliphatic rings. The highest BCUT2D eigenvalue weighted by Crippen LogP contribution is 2.27. The van der Waals surface area contributed by atoms with Gasteiger partial charge in [-0.15, -0.1) is 0 Å². The van der Waals surface area contributed by atoms with E-state index < -0.39 is 0 Å². The van der Waals surface area contributed by atoms with Crippen molar-refractivity contribution in [1.29, 1.82) is 0 Å². The second-order valence-corrected chi connectivity index (χ2v) is 5.69. The van der Waals surface area contributed by atoms with E-state index in [0.29, 0.717) is 5.92 Å². The minimum atomic E-state index is -0.00698. The molecule has 0 spiro atoms. The van der Waals surface area contributed by atoms with Gasteiger partial charge in [-0.25, -0.2) is 4.79 Å². The van der Waals surface area contributed by atoms with Gasteiger partial charge in [0.15, 0.2) is 0 Å². The molecule has 3 rings (SSSR count). The summed E-state index contributed by atoms with van der Waals surface area (Å²) in [5.74, 6) is 0.622. The molecule has 0 amide bonds. The monoisotopic (exact) mass is 259 g/mol. The van der Waals surface area contributed by atoms with E-state index in [2.05, 4.69) is 28.5 Å². The summed E-state index contributed by atoms with van der Waals surface area (Å²) in [6, 6.07) is 6.62. The van der Waals surface area contributed by atoms with Gasteiger partial charge in [-0.2, -0.15) is 0 Å². The molecule has 2 aromatic rings. The van der Waals surface area contributed by atoms with Crippen molar-refractivity contribution in [3.8, 4) is 0 Å². The molecule has 0 saturated carbocycles. The number of H-pyrrole nitrogens is 1. The number of aromatic amines is 1. The van der Waals surface area contributed by atoms with E-state index in [4.69, 9.17) is 0 Å². The van der Waals surface area contributed by atoms with Crippen molar-refractivity contribution in [3.05, 3.63) is 34.2 Å². The van der Waals surface area contributed by atoms with Crippen molar-refractivity contribution in [2.75, 3.05) is 13.1 Å². The first-order valence-electron chi connectivity index (χ1n) is 7.11. The molecule has 1 saturated heterocycles. The van der Waals surface area contributed by atoms with Crippen molar-refractivity contribution in [3.63, 3.8) is 0 Å². The lowest BCUT2D eigenvalue weighted by atomic mass is 9.90. The highest BCUT2D eigenvalue weighted by molar-refractivity contribution is 5.76. The first kappa shape index (κ1) is 12.5. The zero-order valence-electron chi connectivity index (χ0n) is 11.6.